The Bertz CT molecular complexity index is 479. The Morgan fingerprint density at radius 1 is 1.16 bits per heavy atom. The number of carboxylic acids is 1. The first kappa shape index (κ1) is 13.5. The van der Waals surface area contributed by atoms with Crippen molar-refractivity contribution in [2.24, 2.45) is 0 Å². The van der Waals surface area contributed by atoms with Crippen LogP contribution in [0.4, 0.5) is 0 Å². The summed E-state index contributed by atoms with van der Waals surface area (Å²) < 4.78 is 0. The number of rotatable bonds is 3. The van der Waals surface area contributed by atoms with Gasteiger partial charge in [0.1, 0.15) is 0 Å². The van der Waals surface area contributed by atoms with Gasteiger partial charge in [0, 0.05) is 31.7 Å². The van der Waals surface area contributed by atoms with Crippen molar-refractivity contribution in [2.45, 2.75) is 6.92 Å². The number of piperazine rings is 1. The van der Waals surface area contributed by atoms with Crippen molar-refractivity contribution < 1.29 is 14.7 Å². The van der Waals surface area contributed by atoms with E-state index in [0.717, 1.165) is 19.6 Å². The molecule has 0 saturated carbocycles. The molecule has 2 rings (SSSR count). The largest absolute Gasteiger partial charge is 0.478 e. The third-order valence-corrected chi connectivity index (χ3v) is 3.46. The molecule has 5 nitrogen and oxygen atoms in total. The maximum atomic E-state index is 12.3. The van der Waals surface area contributed by atoms with E-state index in [1.54, 1.807) is 17.0 Å². The standard InChI is InChI=1S/C14H18N2O3/c1-2-15-6-8-16(9-7-15)13(17)11-4-3-5-12(10-11)14(18)19/h3-5,10H,2,6-9H2,1H3,(H,18,19). The molecule has 5 heteroatoms. The molecule has 0 atom stereocenters. The average Bonchev–Trinajstić information content (AvgIpc) is 2.46. The molecular weight excluding hydrogens is 244 g/mol. The van der Waals surface area contributed by atoms with Gasteiger partial charge in [-0.1, -0.05) is 13.0 Å². The number of hydrogen-bond donors (Lipinski definition) is 1. The van der Waals surface area contributed by atoms with Crippen molar-refractivity contribution in [3.8, 4) is 0 Å². The summed E-state index contributed by atoms with van der Waals surface area (Å²) in [4.78, 5) is 27.3. The third-order valence-electron chi connectivity index (χ3n) is 3.46. The highest BCUT2D eigenvalue weighted by Gasteiger charge is 2.21. The molecule has 0 unspecified atom stereocenters. The van der Waals surface area contributed by atoms with Crippen LogP contribution in [0.25, 0.3) is 0 Å². The SMILES string of the molecule is CCN1CCN(C(=O)c2cccc(C(=O)O)c2)CC1. The Kier molecular flexibility index (Phi) is 4.16. The average molecular weight is 262 g/mol. The zero-order chi connectivity index (χ0) is 13.8. The quantitative estimate of drug-likeness (QED) is 0.888. The van der Waals surface area contributed by atoms with E-state index >= 15 is 0 Å². The molecule has 0 radical (unpaired) electrons. The van der Waals surface area contributed by atoms with Crippen LogP contribution in [0.1, 0.15) is 27.6 Å². The molecule has 102 valence electrons. The van der Waals surface area contributed by atoms with Crippen molar-refractivity contribution in [2.75, 3.05) is 32.7 Å². The number of amides is 1. The van der Waals surface area contributed by atoms with E-state index in [-0.39, 0.29) is 11.5 Å². The molecular formula is C14H18N2O3. The first-order valence-corrected chi connectivity index (χ1v) is 6.47. The number of carboxylic acid groups (broad SMARTS) is 1. The van der Waals surface area contributed by atoms with Crippen LogP contribution in [-0.2, 0) is 0 Å². The summed E-state index contributed by atoms with van der Waals surface area (Å²) >= 11 is 0. The van der Waals surface area contributed by atoms with Gasteiger partial charge in [0.2, 0.25) is 0 Å². The van der Waals surface area contributed by atoms with Crippen LogP contribution >= 0.6 is 0 Å². The Balaban J connectivity index is 2.08. The van der Waals surface area contributed by atoms with Crippen LogP contribution in [0, 0.1) is 0 Å². The van der Waals surface area contributed by atoms with Crippen LogP contribution in [0.2, 0.25) is 0 Å². The summed E-state index contributed by atoms with van der Waals surface area (Å²) in [5, 5.41) is 8.94. The lowest BCUT2D eigenvalue weighted by Crippen LogP contribution is -2.48. The van der Waals surface area contributed by atoms with E-state index < -0.39 is 5.97 Å². The highest BCUT2D eigenvalue weighted by atomic mass is 16.4. The minimum Gasteiger partial charge on any atom is -0.478 e. The van der Waals surface area contributed by atoms with Crippen LogP contribution in [0.5, 0.6) is 0 Å². The Hall–Kier alpha value is -1.88. The fourth-order valence-electron chi connectivity index (χ4n) is 2.24. The number of carbonyl (C=O) groups excluding carboxylic acids is 1. The molecule has 0 aromatic heterocycles. The topological polar surface area (TPSA) is 60.9 Å². The van der Waals surface area contributed by atoms with E-state index in [9.17, 15) is 9.59 Å². The summed E-state index contributed by atoms with van der Waals surface area (Å²) in [5.41, 5.74) is 0.600. The van der Waals surface area contributed by atoms with Gasteiger partial charge in [-0.15, -0.1) is 0 Å². The molecule has 1 heterocycles. The summed E-state index contributed by atoms with van der Waals surface area (Å²) in [6, 6.07) is 6.21. The third kappa shape index (κ3) is 3.12. The fraction of sp³-hybridized carbons (Fsp3) is 0.429. The molecule has 1 saturated heterocycles. The summed E-state index contributed by atoms with van der Waals surface area (Å²) in [5.74, 6) is -1.09. The second-order valence-electron chi connectivity index (χ2n) is 4.61. The lowest BCUT2D eigenvalue weighted by atomic mass is 10.1. The molecule has 1 aromatic carbocycles. The molecule has 0 spiro atoms. The van der Waals surface area contributed by atoms with Crippen molar-refractivity contribution in [3.05, 3.63) is 35.4 Å². The van der Waals surface area contributed by atoms with Gasteiger partial charge in [0.05, 0.1) is 5.56 Å². The maximum Gasteiger partial charge on any atom is 0.335 e. The zero-order valence-corrected chi connectivity index (χ0v) is 11.0. The fourth-order valence-corrected chi connectivity index (χ4v) is 2.24. The molecule has 0 aliphatic carbocycles. The Morgan fingerprint density at radius 2 is 1.79 bits per heavy atom. The van der Waals surface area contributed by atoms with Crippen molar-refractivity contribution in [1.29, 1.82) is 0 Å². The Morgan fingerprint density at radius 3 is 2.37 bits per heavy atom. The van der Waals surface area contributed by atoms with E-state index in [2.05, 4.69) is 11.8 Å². The van der Waals surface area contributed by atoms with Crippen molar-refractivity contribution >= 4 is 11.9 Å². The van der Waals surface area contributed by atoms with E-state index in [1.807, 2.05) is 0 Å². The van der Waals surface area contributed by atoms with Crippen LogP contribution in [0.3, 0.4) is 0 Å². The smallest absolute Gasteiger partial charge is 0.335 e. The van der Waals surface area contributed by atoms with Gasteiger partial charge in [-0.05, 0) is 24.7 Å². The minimum atomic E-state index is -1.01. The maximum absolute atomic E-state index is 12.3. The molecule has 1 amide bonds. The first-order valence-electron chi connectivity index (χ1n) is 6.47. The summed E-state index contributed by atoms with van der Waals surface area (Å²) in [6.45, 7) is 6.25. The van der Waals surface area contributed by atoms with Gasteiger partial charge in [-0.2, -0.15) is 0 Å². The first-order chi connectivity index (χ1) is 9.11. The highest BCUT2D eigenvalue weighted by molar-refractivity contribution is 5.97. The Labute approximate surface area is 112 Å². The number of aromatic carboxylic acids is 1. The zero-order valence-electron chi connectivity index (χ0n) is 11.0. The predicted octanol–water partition coefficient (Wildman–Crippen LogP) is 1.16. The van der Waals surface area contributed by atoms with Crippen LogP contribution < -0.4 is 0 Å². The van der Waals surface area contributed by atoms with Gasteiger partial charge in [-0.25, -0.2) is 4.79 Å². The summed E-state index contributed by atoms with van der Waals surface area (Å²) in [7, 11) is 0. The van der Waals surface area contributed by atoms with Gasteiger partial charge in [0.25, 0.3) is 5.91 Å². The van der Waals surface area contributed by atoms with Crippen molar-refractivity contribution in [1.82, 2.24) is 9.80 Å². The molecule has 0 bridgehead atoms. The highest BCUT2D eigenvalue weighted by Crippen LogP contribution is 2.11. The predicted molar refractivity (Wildman–Crippen MR) is 71.4 cm³/mol. The summed E-state index contributed by atoms with van der Waals surface area (Å²) in [6.07, 6.45) is 0. The molecule has 1 aliphatic heterocycles. The minimum absolute atomic E-state index is 0.0844. The van der Waals surface area contributed by atoms with Gasteiger partial charge < -0.3 is 14.9 Å². The number of likely N-dealkylation sites (N-methyl/N-ethyl adjacent to an activating group) is 1. The second-order valence-corrected chi connectivity index (χ2v) is 4.61. The van der Waals surface area contributed by atoms with Crippen molar-refractivity contribution in [3.63, 3.8) is 0 Å². The number of hydrogen-bond acceptors (Lipinski definition) is 3. The molecule has 1 fully saturated rings. The monoisotopic (exact) mass is 262 g/mol. The lowest BCUT2D eigenvalue weighted by molar-refractivity contribution is 0.0643. The van der Waals surface area contributed by atoms with Gasteiger partial charge in [-0.3, -0.25) is 4.79 Å². The number of nitrogens with zero attached hydrogens (tertiary/aromatic N) is 2. The number of benzene rings is 1. The molecule has 1 aliphatic rings. The second kappa shape index (κ2) is 5.84. The van der Waals surface area contributed by atoms with E-state index in [1.165, 1.54) is 12.1 Å². The lowest BCUT2D eigenvalue weighted by Gasteiger charge is -2.34. The van der Waals surface area contributed by atoms with Crippen LogP contribution in [0.15, 0.2) is 24.3 Å². The molecule has 1 N–H and O–H groups in total. The van der Waals surface area contributed by atoms with E-state index in [0.29, 0.717) is 18.7 Å². The van der Waals surface area contributed by atoms with Gasteiger partial charge >= 0.3 is 5.97 Å². The van der Waals surface area contributed by atoms with Gasteiger partial charge in [0.15, 0.2) is 0 Å². The number of carbonyl (C=O) groups is 2. The molecule has 19 heavy (non-hydrogen) atoms. The van der Waals surface area contributed by atoms with Crippen LogP contribution in [-0.4, -0.2) is 59.5 Å². The van der Waals surface area contributed by atoms with E-state index in [4.69, 9.17) is 5.11 Å². The molecule has 1 aromatic rings. The normalized spacial score (nSPS) is 16.4.